The summed E-state index contributed by atoms with van der Waals surface area (Å²) in [5, 5.41) is 0.784. The maximum absolute atomic E-state index is 12.8. The Hall–Kier alpha value is -2.53. The monoisotopic (exact) mass is 409 g/mol. The van der Waals surface area contributed by atoms with Crippen molar-refractivity contribution in [3.05, 3.63) is 75.4 Å². The lowest BCUT2D eigenvalue weighted by Crippen LogP contribution is -2.16. The average molecular weight is 410 g/mol. The summed E-state index contributed by atoms with van der Waals surface area (Å²) < 4.78 is 6.09. The van der Waals surface area contributed by atoms with Gasteiger partial charge in [-0.15, -0.1) is 0 Å². The second-order valence-electron chi connectivity index (χ2n) is 6.26. The summed E-state index contributed by atoms with van der Waals surface area (Å²) in [5.41, 5.74) is 3.78. The summed E-state index contributed by atoms with van der Waals surface area (Å²) in [6, 6.07) is 14.7. The van der Waals surface area contributed by atoms with Gasteiger partial charge in [0.05, 0.1) is 11.1 Å². The summed E-state index contributed by atoms with van der Waals surface area (Å²) in [6.45, 7) is -0.285. The largest absolute Gasteiger partial charge is 0.454 e. The maximum Gasteiger partial charge on any atom is 0.339 e. The Labute approximate surface area is 159 Å². The van der Waals surface area contributed by atoms with Crippen LogP contribution < -0.4 is 0 Å². The van der Waals surface area contributed by atoms with Gasteiger partial charge in [0.15, 0.2) is 6.61 Å². The molecule has 0 spiro atoms. The van der Waals surface area contributed by atoms with Crippen LogP contribution in [-0.4, -0.2) is 23.3 Å². The number of hydrogen-bond donors (Lipinski definition) is 0. The third kappa shape index (κ3) is 3.03. The van der Waals surface area contributed by atoms with Crippen molar-refractivity contribution in [2.45, 2.75) is 19.3 Å². The Balaban J connectivity index is 1.63. The molecule has 0 saturated heterocycles. The van der Waals surface area contributed by atoms with E-state index in [1.54, 1.807) is 18.2 Å². The Morgan fingerprint density at radius 2 is 1.81 bits per heavy atom. The molecule has 0 aliphatic heterocycles. The van der Waals surface area contributed by atoms with Gasteiger partial charge in [0, 0.05) is 21.1 Å². The van der Waals surface area contributed by atoms with Crippen LogP contribution in [0.15, 0.2) is 53.0 Å². The van der Waals surface area contributed by atoms with Gasteiger partial charge in [-0.1, -0.05) is 52.3 Å². The minimum absolute atomic E-state index is 0.235. The molecular weight excluding hydrogens is 394 g/mol. The number of carbonyl (C=O) groups is 2. The molecule has 0 atom stereocenters. The fourth-order valence-corrected chi connectivity index (χ4v) is 3.92. The van der Waals surface area contributed by atoms with Crippen LogP contribution in [0.1, 0.15) is 38.4 Å². The van der Waals surface area contributed by atoms with Crippen molar-refractivity contribution in [3.63, 3.8) is 0 Å². The lowest BCUT2D eigenvalue weighted by molar-refractivity contribution is 0.0475. The zero-order chi connectivity index (χ0) is 18.1. The highest BCUT2D eigenvalue weighted by atomic mass is 79.9. The number of benzene rings is 2. The molecule has 0 unspecified atom stereocenters. The van der Waals surface area contributed by atoms with Gasteiger partial charge in [0.1, 0.15) is 0 Å². The predicted octanol–water partition coefficient (Wildman–Crippen LogP) is 4.53. The Bertz CT molecular complexity index is 1030. The fourth-order valence-electron chi connectivity index (χ4n) is 3.41. The number of halogens is 1. The summed E-state index contributed by atoms with van der Waals surface area (Å²) >= 11 is 3.35. The van der Waals surface area contributed by atoms with E-state index in [1.165, 1.54) is 0 Å². The van der Waals surface area contributed by atoms with Crippen LogP contribution in [0.5, 0.6) is 0 Å². The zero-order valence-electron chi connectivity index (χ0n) is 14.0. The van der Waals surface area contributed by atoms with Gasteiger partial charge in [-0.2, -0.15) is 0 Å². The number of para-hydroxylation sites is 1. The highest BCUT2D eigenvalue weighted by Crippen LogP contribution is 2.30. The van der Waals surface area contributed by atoms with E-state index < -0.39 is 5.97 Å². The summed E-state index contributed by atoms with van der Waals surface area (Å²) in [4.78, 5) is 29.9. The number of fused-ring (bicyclic) bond motifs is 2. The van der Waals surface area contributed by atoms with Crippen molar-refractivity contribution in [3.8, 4) is 0 Å². The SMILES string of the molecule is O=C(COC(=O)c1c2c(nc3ccccc13)CCC2)c1ccccc1Br. The summed E-state index contributed by atoms with van der Waals surface area (Å²) in [7, 11) is 0. The van der Waals surface area contributed by atoms with Crippen LogP contribution in [0, 0.1) is 0 Å². The van der Waals surface area contributed by atoms with Gasteiger partial charge in [0.25, 0.3) is 0 Å². The number of rotatable bonds is 4. The normalized spacial score (nSPS) is 12.8. The molecule has 2 aromatic carbocycles. The van der Waals surface area contributed by atoms with E-state index >= 15 is 0 Å². The first-order chi connectivity index (χ1) is 12.6. The molecule has 26 heavy (non-hydrogen) atoms. The second-order valence-corrected chi connectivity index (χ2v) is 7.12. The van der Waals surface area contributed by atoms with E-state index in [9.17, 15) is 9.59 Å². The van der Waals surface area contributed by atoms with Crippen molar-refractivity contribution in [1.29, 1.82) is 0 Å². The number of carbonyl (C=O) groups excluding carboxylic acids is 2. The molecule has 0 radical (unpaired) electrons. The van der Waals surface area contributed by atoms with Crippen LogP contribution in [0.3, 0.4) is 0 Å². The molecule has 4 rings (SSSR count). The third-order valence-electron chi connectivity index (χ3n) is 4.63. The maximum atomic E-state index is 12.8. The molecule has 130 valence electrons. The quantitative estimate of drug-likeness (QED) is 0.469. The van der Waals surface area contributed by atoms with Crippen LogP contribution in [0.2, 0.25) is 0 Å². The molecule has 0 bridgehead atoms. The zero-order valence-corrected chi connectivity index (χ0v) is 15.6. The summed E-state index contributed by atoms with van der Waals surface area (Å²) in [5.74, 6) is -0.692. The first-order valence-electron chi connectivity index (χ1n) is 8.50. The molecule has 0 N–H and O–H groups in total. The number of pyridine rings is 1. The minimum Gasteiger partial charge on any atom is -0.454 e. The molecule has 1 heterocycles. The predicted molar refractivity (Wildman–Crippen MR) is 103 cm³/mol. The van der Waals surface area contributed by atoms with Gasteiger partial charge in [0.2, 0.25) is 5.78 Å². The van der Waals surface area contributed by atoms with Gasteiger partial charge in [-0.05, 0) is 37.0 Å². The van der Waals surface area contributed by atoms with Crippen molar-refractivity contribution in [2.24, 2.45) is 0 Å². The Morgan fingerprint density at radius 3 is 2.65 bits per heavy atom. The van der Waals surface area contributed by atoms with Gasteiger partial charge in [-0.3, -0.25) is 9.78 Å². The van der Waals surface area contributed by atoms with Crippen LogP contribution >= 0.6 is 15.9 Å². The van der Waals surface area contributed by atoms with E-state index in [1.807, 2.05) is 30.3 Å². The Morgan fingerprint density at radius 1 is 1.04 bits per heavy atom. The number of Topliss-reactive ketones (excluding diaryl/α,β-unsaturated/α-hetero) is 1. The van der Waals surface area contributed by atoms with E-state index in [2.05, 4.69) is 20.9 Å². The number of hydrogen-bond acceptors (Lipinski definition) is 4. The van der Waals surface area contributed by atoms with Crippen LogP contribution in [0.4, 0.5) is 0 Å². The number of ketones is 1. The number of esters is 1. The van der Waals surface area contributed by atoms with Crippen molar-refractivity contribution >= 4 is 38.6 Å². The molecule has 5 heteroatoms. The van der Waals surface area contributed by atoms with Crippen molar-refractivity contribution in [1.82, 2.24) is 4.98 Å². The van der Waals surface area contributed by atoms with Gasteiger partial charge >= 0.3 is 5.97 Å². The smallest absolute Gasteiger partial charge is 0.339 e. The molecule has 4 nitrogen and oxygen atoms in total. The van der Waals surface area contributed by atoms with Crippen molar-refractivity contribution in [2.75, 3.05) is 6.61 Å². The minimum atomic E-state index is -0.456. The number of nitrogens with zero attached hydrogens (tertiary/aromatic N) is 1. The molecule has 3 aromatic rings. The average Bonchev–Trinajstić information content (AvgIpc) is 3.12. The lowest BCUT2D eigenvalue weighted by Gasteiger charge is -2.12. The Kier molecular flexibility index (Phi) is 4.55. The molecule has 1 aliphatic carbocycles. The number of aryl methyl sites for hydroxylation is 1. The lowest BCUT2D eigenvalue weighted by atomic mass is 10.0. The fraction of sp³-hybridized carbons (Fsp3) is 0.190. The van der Waals surface area contributed by atoms with Gasteiger partial charge in [-0.25, -0.2) is 4.79 Å². The molecule has 0 saturated carbocycles. The highest BCUT2D eigenvalue weighted by Gasteiger charge is 2.25. The molecule has 0 fully saturated rings. The van der Waals surface area contributed by atoms with Crippen molar-refractivity contribution < 1.29 is 14.3 Å². The van der Waals surface area contributed by atoms with E-state index in [4.69, 9.17) is 4.74 Å². The molecular formula is C21H16BrNO3. The molecule has 1 aromatic heterocycles. The first-order valence-corrected chi connectivity index (χ1v) is 9.30. The highest BCUT2D eigenvalue weighted by molar-refractivity contribution is 9.10. The molecule has 0 amide bonds. The summed E-state index contributed by atoms with van der Waals surface area (Å²) in [6.07, 6.45) is 2.67. The molecule has 1 aliphatic rings. The first kappa shape index (κ1) is 16.9. The van der Waals surface area contributed by atoms with E-state index in [-0.39, 0.29) is 12.4 Å². The van der Waals surface area contributed by atoms with E-state index in [0.29, 0.717) is 15.6 Å². The third-order valence-corrected chi connectivity index (χ3v) is 5.32. The topological polar surface area (TPSA) is 56.3 Å². The second kappa shape index (κ2) is 7.00. The number of aromatic nitrogens is 1. The van der Waals surface area contributed by atoms with Crippen LogP contribution in [0.25, 0.3) is 10.9 Å². The van der Waals surface area contributed by atoms with Gasteiger partial charge < -0.3 is 4.74 Å². The number of ether oxygens (including phenoxy) is 1. The van der Waals surface area contributed by atoms with E-state index in [0.717, 1.165) is 41.4 Å². The standard InChI is InChI=1S/C21H16BrNO3/c22-16-9-3-1-6-13(16)19(24)12-26-21(25)20-14-7-2-4-10-17(14)23-18-11-5-8-15(18)20/h1-4,6-7,9-10H,5,8,11-12H2. The van der Waals surface area contributed by atoms with Crippen LogP contribution in [-0.2, 0) is 17.6 Å².